The van der Waals surface area contributed by atoms with Crippen molar-refractivity contribution in [1.29, 1.82) is 0 Å². The molecule has 0 saturated heterocycles. The molecule has 0 atom stereocenters. The van der Waals surface area contributed by atoms with Crippen molar-refractivity contribution in [3.05, 3.63) is 28.8 Å². The molecule has 0 aromatic heterocycles. The molecule has 6 heteroatoms. The largest absolute Gasteiger partial charge is 0.444 e. The van der Waals surface area contributed by atoms with Crippen LogP contribution in [0.4, 0.5) is 10.5 Å². The van der Waals surface area contributed by atoms with Crippen molar-refractivity contribution < 1.29 is 14.7 Å². The highest BCUT2D eigenvalue weighted by atomic mass is 35.5. The third-order valence-electron chi connectivity index (χ3n) is 1.95. The molecule has 3 N–H and O–H groups in total. The summed E-state index contributed by atoms with van der Waals surface area (Å²) >= 11 is 5.96. The summed E-state index contributed by atoms with van der Waals surface area (Å²) in [5.41, 5.74) is 2.69. The third kappa shape index (κ3) is 4.91. The number of ether oxygens (including phenoxy) is 1. The number of hydrogen-bond donors (Lipinski definition) is 3. The molecule has 1 aromatic rings. The first kappa shape index (κ1) is 14.8. The number of nitrogens with one attached hydrogen (secondary N) is 2. The van der Waals surface area contributed by atoms with Gasteiger partial charge in [0, 0.05) is 6.54 Å². The van der Waals surface area contributed by atoms with Gasteiger partial charge in [-0.3, -0.25) is 5.32 Å². The topological polar surface area (TPSA) is 70.6 Å². The Bertz CT molecular complexity index is 430. The summed E-state index contributed by atoms with van der Waals surface area (Å²) in [6.45, 7) is 5.60. The SMILES string of the molecule is CC(C)(C)OC(=O)Nc1cc(CNO)ccc1Cl. The monoisotopic (exact) mass is 272 g/mol. The van der Waals surface area contributed by atoms with Gasteiger partial charge in [0.05, 0.1) is 10.7 Å². The van der Waals surface area contributed by atoms with Crippen molar-refractivity contribution in [3.63, 3.8) is 0 Å². The van der Waals surface area contributed by atoms with E-state index < -0.39 is 11.7 Å². The van der Waals surface area contributed by atoms with Crippen LogP contribution in [0.2, 0.25) is 5.02 Å². The van der Waals surface area contributed by atoms with Crippen molar-refractivity contribution in [2.75, 3.05) is 5.32 Å². The van der Waals surface area contributed by atoms with Gasteiger partial charge in [-0.1, -0.05) is 17.7 Å². The molecule has 0 spiro atoms. The second-order valence-electron chi connectivity index (χ2n) is 4.78. The van der Waals surface area contributed by atoms with E-state index >= 15 is 0 Å². The maximum absolute atomic E-state index is 11.6. The van der Waals surface area contributed by atoms with E-state index in [0.717, 1.165) is 5.56 Å². The van der Waals surface area contributed by atoms with E-state index in [-0.39, 0.29) is 6.54 Å². The van der Waals surface area contributed by atoms with E-state index in [1.807, 2.05) is 5.48 Å². The third-order valence-corrected chi connectivity index (χ3v) is 2.28. The fourth-order valence-electron chi connectivity index (χ4n) is 1.28. The lowest BCUT2D eigenvalue weighted by atomic mass is 10.2. The first-order valence-corrected chi connectivity index (χ1v) is 5.85. The van der Waals surface area contributed by atoms with Gasteiger partial charge in [0.25, 0.3) is 0 Å². The Hall–Kier alpha value is -1.30. The van der Waals surface area contributed by atoms with Crippen LogP contribution in [0.15, 0.2) is 18.2 Å². The molecular formula is C12H17ClN2O3. The molecule has 1 rings (SSSR count). The van der Waals surface area contributed by atoms with Gasteiger partial charge in [0.2, 0.25) is 0 Å². The van der Waals surface area contributed by atoms with Crippen LogP contribution < -0.4 is 10.8 Å². The fraction of sp³-hybridized carbons (Fsp3) is 0.417. The molecule has 0 radical (unpaired) electrons. The summed E-state index contributed by atoms with van der Waals surface area (Å²) in [6.07, 6.45) is -0.571. The van der Waals surface area contributed by atoms with Crippen molar-refractivity contribution in [1.82, 2.24) is 5.48 Å². The summed E-state index contributed by atoms with van der Waals surface area (Å²) in [5, 5.41) is 11.6. The molecule has 5 nitrogen and oxygen atoms in total. The first-order valence-electron chi connectivity index (χ1n) is 5.47. The van der Waals surface area contributed by atoms with E-state index in [0.29, 0.717) is 10.7 Å². The van der Waals surface area contributed by atoms with Crippen LogP contribution in [0.1, 0.15) is 26.3 Å². The second-order valence-corrected chi connectivity index (χ2v) is 5.18. The molecule has 0 unspecified atom stereocenters. The van der Waals surface area contributed by atoms with E-state index in [1.54, 1.807) is 39.0 Å². The van der Waals surface area contributed by atoms with Crippen molar-refractivity contribution >= 4 is 23.4 Å². The number of halogens is 1. The van der Waals surface area contributed by atoms with Crippen LogP contribution in [0.25, 0.3) is 0 Å². The number of hydroxylamine groups is 1. The highest BCUT2D eigenvalue weighted by molar-refractivity contribution is 6.33. The molecular weight excluding hydrogens is 256 g/mol. The van der Waals surface area contributed by atoms with Gasteiger partial charge in [-0.05, 0) is 38.5 Å². The number of benzene rings is 1. The average Bonchev–Trinajstić information content (AvgIpc) is 2.20. The molecule has 1 aromatic carbocycles. The minimum atomic E-state index is -0.571. The highest BCUT2D eigenvalue weighted by Crippen LogP contribution is 2.23. The molecule has 0 aliphatic heterocycles. The Morgan fingerprint density at radius 3 is 2.67 bits per heavy atom. The Morgan fingerprint density at radius 1 is 1.44 bits per heavy atom. The molecule has 100 valence electrons. The van der Waals surface area contributed by atoms with Crippen molar-refractivity contribution in [2.45, 2.75) is 32.9 Å². The fourth-order valence-corrected chi connectivity index (χ4v) is 1.45. The zero-order chi connectivity index (χ0) is 13.8. The van der Waals surface area contributed by atoms with Crippen molar-refractivity contribution in [2.24, 2.45) is 0 Å². The minimum absolute atomic E-state index is 0.264. The smallest absolute Gasteiger partial charge is 0.412 e. The van der Waals surface area contributed by atoms with Gasteiger partial charge in [-0.15, -0.1) is 0 Å². The van der Waals surface area contributed by atoms with E-state index in [9.17, 15) is 4.79 Å². The van der Waals surface area contributed by atoms with Gasteiger partial charge in [0.15, 0.2) is 0 Å². The lowest BCUT2D eigenvalue weighted by Gasteiger charge is -2.20. The predicted molar refractivity (Wildman–Crippen MR) is 69.9 cm³/mol. The lowest BCUT2D eigenvalue weighted by molar-refractivity contribution is 0.0636. The zero-order valence-corrected chi connectivity index (χ0v) is 11.3. The Balaban J connectivity index is 2.77. The van der Waals surface area contributed by atoms with Crippen LogP contribution in [0.3, 0.4) is 0 Å². The summed E-state index contributed by atoms with van der Waals surface area (Å²) in [4.78, 5) is 11.6. The normalized spacial score (nSPS) is 11.2. The summed E-state index contributed by atoms with van der Waals surface area (Å²) in [5.74, 6) is 0. The van der Waals surface area contributed by atoms with Gasteiger partial charge in [0.1, 0.15) is 5.60 Å². The number of amides is 1. The summed E-state index contributed by atoms with van der Waals surface area (Å²) in [6, 6.07) is 5.04. The second kappa shape index (κ2) is 6.04. The quantitative estimate of drug-likeness (QED) is 0.739. The highest BCUT2D eigenvalue weighted by Gasteiger charge is 2.17. The molecule has 1 amide bonds. The van der Waals surface area contributed by atoms with Gasteiger partial charge < -0.3 is 9.94 Å². The molecule has 0 saturated carbocycles. The van der Waals surface area contributed by atoms with Crippen molar-refractivity contribution in [3.8, 4) is 0 Å². The first-order chi connectivity index (χ1) is 8.31. The lowest BCUT2D eigenvalue weighted by Crippen LogP contribution is -2.27. The van der Waals surface area contributed by atoms with Gasteiger partial charge >= 0.3 is 6.09 Å². The Labute approximate surface area is 111 Å². The standard InChI is InChI=1S/C12H17ClN2O3/c1-12(2,3)18-11(16)15-10-6-8(7-14-17)4-5-9(10)13/h4-6,14,17H,7H2,1-3H3,(H,15,16). The van der Waals surface area contributed by atoms with Crippen LogP contribution in [-0.4, -0.2) is 16.9 Å². The zero-order valence-electron chi connectivity index (χ0n) is 10.6. The number of anilines is 1. The van der Waals surface area contributed by atoms with Crippen LogP contribution in [0, 0.1) is 0 Å². The van der Waals surface area contributed by atoms with Crippen LogP contribution in [0.5, 0.6) is 0 Å². The minimum Gasteiger partial charge on any atom is -0.444 e. The summed E-state index contributed by atoms with van der Waals surface area (Å²) in [7, 11) is 0. The van der Waals surface area contributed by atoms with Crippen LogP contribution in [-0.2, 0) is 11.3 Å². The predicted octanol–water partition coefficient (Wildman–Crippen LogP) is 3.17. The van der Waals surface area contributed by atoms with E-state index in [1.165, 1.54) is 0 Å². The van der Waals surface area contributed by atoms with Crippen LogP contribution >= 0.6 is 11.6 Å². The Morgan fingerprint density at radius 2 is 2.11 bits per heavy atom. The molecule has 0 fully saturated rings. The Kier molecular flexibility index (Phi) is 4.95. The maximum Gasteiger partial charge on any atom is 0.412 e. The molecule has 0 bridgehead atoms. The summed E-state index contributed by atoms with van der Waals surface area (Å²) < 4.78 is 5.12. The number of carbonyl (C=O) groups excluding carboxylic acids is 1. The van der Waals surface area contributed by atoms with E-state index in [4.69, 9.17) is 21.5 Å². The molecule has 0 aliphatic carbocycles. The maximum atomic E-state index is 11.6. The van der Waals surface area contributed by atoms with E-state index in [2.05, 4.69) is 5.32 Å². The molecule has 0 heterocycles. The van der Waals surface area contributed by atoms with Gasteiger partial charge in [-0.2, -0.15) is 0 Å². The number of carbonyl (C=O) groups is 1. The number of rotatable bonds is 3. The molecule has 18 heavy (non-hydrogen) atoms. The molecule has 0 aliphatic rings. The average molecular weight is 273 g/mol. The van der Waals surface area contributed by atoms with Gasteiger partial charge in [-0.25, -0.2) is 10.3 Å². The number of hydrogen-bond acceptors (Lipinski definition) is 4.